The first-order chi connectivity index (χ1) is 11.0. The van der Waals surface area contributed by atoms with E-state index in [1.54, 1.807) is 43.3 Å². The van der Waals surface area contributed by atoms with Crippen molar-refractivity contribution in [3.63, 3.8) is 0 Å². The van der Waals surface area contributed by atoms with Gasteiger partial charge in [0, 0.05) is 30.6 Å². The fourth-order valence-corrected chi connectivity index (χ4v) is 3.49. The Bertz CT molecular complexity index is 843. The van der Waals surface area contributed by atoms with Crippen LogP contribution >= 0.6 is 11.8 Å². The molecule has 0 unspecified atom stereocenters. The van der Waals surface area contributed by atoms with E-state index in [0.717, 1.165) is 4.90 Å². The smallest absolute Gasteiger partial charge is 0.293 e. The first-order valence-corrected chi connectivity index (χ1v) is 7.78. The van der Waals surface area contributed by atoms with Crippen molar-refractivity contribution in [2.45, 2.75) is 4.90 Å². The average Bonchev–Trinajstić information content (AvgIpc) is 2.83. The van der Waals surface area contributed by atoms with Crippen molar-refractivity contribution in [2.24, 2.45) is 0 Å². The van der Waals surface area contributed by atoms with Gasteiger partial charge in [-0.15, -0.1) is 0 Å². The number of carbonyl (C=O) groups excluding carboxylic acids is 1. The molecule has 0 fully saturated rings. The van der Waals surface area contributed by atoms with Crippen molar-refractivity contribution in [1.29, 1.82) is 0 Å². The lowest BCUT2D eigenvalue weighted by atomic mass is 10.1. The number of hydrogen-bond acceptors (Lipinski definition) is 5. The van der Waals surface area contributed by atoms with Gasteiger partial charge in [-0.05, 0) is 29.8 Å². The molecule has 0 bridgehead atoms. The summed E-state index contributed by atoms with van der Waals surface area (Å²) in [6.07, 6.45) is 1.71. The number of thioether (sulfide) groups is 1. The largest absolute Gasteiger partial charge is 0.372 e. The third-order valence-electron chi connectivity index (χ3n) is 3.55. The van der Waals surface area contributed by atoms with E-state index in [1.165, 1.54) is 17.8 Å². The number of anilines is 1. The highest BCUT2D eigenvalue weighted by atomic mass is 32.2. The van der Waals surface area contributed by atoms with Gasteiger partial charge in [0.1, 0.15) is 5.69 Å². The number of ketones is 1. The number of allylic oxidation sites excluding steroid dienone is 1. The number of nitrogens with zero attached hydrogens (tertiary/aromatic N) is 2. The van der Waals surface area contributed by atoms with Gasteiger partial charge >= 0.3 is 0 Å². The van der Waals surface area contributed by atoms with Crippen LogP contribution in [-0.2, 0) is 0 Å². The van der Waals surface area contributed by atoms with Crippen LogP contribution in [0.3, 0.4) is 0 Å². The van der Waals surface area contributed by atoms with E-state index in [2.05, 4.69) is 0 Å². The van der Waals surface area contributed by atoms with Crippen LogP contribution in [0.5, 0.6) is 0 Å². The Kier molecular flexibility index (Phi) is 3.92. The Morgan fingerprint density at radius 3 is 2.57 bits per heavy atom. The molecule has 0 saturated carbocycles. The number of hydrogen-bond donors (Lipinski definition) is 0. The van der Waals surface area contributed by atoms with Crippen LogP contribution in [0.25, 0.3) is 6.08 Å². The zero-order valence-electron chi connectivity index (χ0n) is 12.6. The Hall–Kier alpha value is -2.60. The predicted octanol–water partition coefficient (Wildman–Crippen LogP) is 3.99. The number of fused-ring (bicyclic) bond motifs is 1. The van der Waals surface area contributed by atoms with E-state index in [1.807, 2.05) is 18.2 Å². The van der Waals surface area contributed by atoms with Crippen LogP contribution in [0.1, 0.15) is 15.9 Å². The molecule has 0 N–H and O–H groups in total. The summed E-state index contributed by atoms with van der Waals surface area (Å²) in [6, 6.07) is 12.4. The second-order valence-electron chi connectivity index (χ2n) is 5.34. The molecule has 3 rings (SSSR count). The van der Waals surface area contributed by atoms with Gasteiger partial charge in [0.2, 0.25) is 5.78 Å². The number of benzene rings is 2. The van der Waals surface area contributed by atoms with Crippen molar-refractivity contribution in [2.75, 3.05) is 19.0 Å². The number of nitro groups is 1. The van der Waals surface area contributed by atoms with E-state index in [0.29, 0.717) is 21.7 Å². The van der Waals surface area contributed by atoms with Crippen LogP contribution in [0.2, 0.25) is 0 Å². The average molecular weight is 326 g/mol. The molecule has 116 valence electrons. The third-order valence-corrected chi connectivity index (χ3v) is 4.65. The summed E-state index contributed by atoms with van der Waals surface area (Å²) in [6.45, 7) is 0. The Morgan fingerprint density at radius 2 is 1.91 bits per heavy atom. The molecule has 0 aromatic heterocycles. The van der Waals surface area contributed by atoms with Gasteiger partial charge in [-0.25, -0.2) is 0 Å². The second-order valence-corrected chi connectivity index (χ2v) is 6.42. The van der Waals surface area contributed by atoms with Crippen molar-refractivity contribution in [3.8, 4) is 0 Å². The quantitative estimate of drug-likeness (QED) is 0.485. The van der Waals surface area contributed by atoms with E-state index in [-0.39, 0.29) is 11.5 Å². The molecule has 0 atom stereocenters. The SMILES string of the molecule is CN(C)c1ccc(/C=C2/Sc3ccccc3C2=O)cc1[N+](=O)[O-]. The number of rotatable bonds is 3. The summed E-state index contributed by atoms with van der Waals surface area (Å²) in [7, 11) is 3.51. The molecule has 0 amide bonds. The van der Waals surface area contributed by atoms with E-state index < -0.39 is 4.92 Å². The third kappa shape index (κ3) is 2.85. The monoisotopic (exact) mass is 326 g/mol. The van der Waals surface area contributed by atoms with E-state index in [4.69, 9.17) is 0 Å². The van der Waals surface area contributed by atoms with Crippen LogP contribution in [0.4, 0.5) is 11.4 Å². The van der Waals surface area contributed by atoms with Crippen LogP contribution in [0, 0.1) is 10.1 Å². The summed E-state index contributed by atoms with van der Waals surface area (Å²) < 4.78 is 0. The molecule has 1 aliphatic heterocycles. The fourth-order valence-electron chi connectivity index (χ4n) is 2.44. The Morgan fingerprint density at radius 1 is 1.17 bits per heavy atom. The zero-order chi connectivity index (χ0) is 16.6. The predicted molar refractivity (Wildman–Crippen MR) is 92.0 cm³/mol. The molecule has 2 aromatic rings. The van der Waals surface area contributed by atoms with Crippen LogP contribution in [0.15, 0.2) is 52.3 Å². The first-order valence-electron chi connectivity index (χ1n) is 6.96. The van der Waals surface area contributed by atoms with Crippen LogP contribution in [-0.4, -0.2) is 24.8 Å². The molecule has 0 radical (unpaired) electrons. The van der Waals surface area contributed by atoms with Crippen molar-refractivity contribution >= 4 is 35.0 Å². The second kappa shape index (κ2) is 5.89. The maximum absolute atomic E-state index is 12.4. The molecule has 1 heterocycles. The van der Waals surface area contributed by atoms with Gasteiger partial charge < -0.3 is 4.90 Å². The summed E-state index contributed by atoms with van der Waals surface area (Å²) in [5.41, 5.74) is 1.89. The molecule has 0 saturated heterocycles. The highest BCUT2D eigenvalue weighted by Crippen LogP contribution is 2.41. The van der Waals surface area contributed by atoms with Crippen LogP contribution < -0.4 is 4.90 Å². The van der Waals surface area contributed by atoms with Gasteiger partial charge in [-0.2, -0.15) is 0 Å². The first kappa shape index (κ1) is 15.3. The summed E-state index contributed by atoms with van der Waals surface area (Å²) >= 11 is 1.40. The van der Waals surface area contributed by atoms with Gasteiger partial charge in [0.25, 0.3) is 5.69 Å². The minimum Gasteiger partial charge on any atom is -0.372 e. The Labute approximate surface area is 137 Å². The highest BCUT2D eigenvalue weighted by Gasteiger charge is 2.25. The number of nitro benzene ring substituents is 1. The highest BCUT2D eigenvalue weighted by molar-refractivity contribution is 8.04. The van der Waals surface area contributed by atoms with Gasteiger partial charge in [0.05, 0.1) is 9.83 Å². The van der Waals surface area contributed by atoms with Crippen molar-refractivity contribution < 1.29 is 9.72 Å². The van der Waals surface area contributed by atoms with Crippen molar-refractivity contribution in [3.05, 3.63) is 68.6 Å². The lowest BCUT2D eigenvalue weighted by Crippen LogP contribution is -2.11. The fraction of sp³-hybridized carbons (Fsp3) is 0.118. The Balaban J connectivity index is 2.00. The molecule has 1 aliphatic rings. The summed E-state index contributed by atoms with van der Waals surface area (Å²) in [5.74, 6) is -0.0371. The maximum Gasteiger partial charge on any atom is 0.293 e. The lowest BCUT2D eigenvalue weighted by Gasteiger charge is -2.12. The molecule has 2 aromatic carbocycles. The summed E-state index contributed by atoms with van der Waals surface area (Å²) in [4.78, 5) is 26.4. The topological polar surface area (TPSA) is 63.5 Å². The van der Waals surface area contributed by atoms with Gasteiger partial charge in [-0.3, -0.25) is 14.9 Å². The molecule has 0 aliphatic carbocycles. The molecular formula is C17H14N2O3S. The van der Waals surface area contributed by atoms with Gasteiger partial charge in [0.15, 0.2) is 0 Å². The molecule has 5 nitrogen and oxygen atoms in total. The minimum absolute atomic E-state index is 0.0253. The molecular weight excluding hydrogens is 312 g/mol. The summed E-state index contributed by atoms with van der Waals surface area (Å²) in [5, 5.41) is 11.2. The normalized spacial score (nSPS) is 14.9. The van der Waals surface area contributed by atoms with E-state index in [9.17, 15) is 14.9 Å². The molecule has 6 heteroatoms. The lowest BCUT2D eigenvalue weighted by molar-refractivity contribution is -0.384. The zero-order valence-corrected chi connectivity index (χ0v) is 13.5. The maximum atomic E-state index is 12.4. The molecule has 0 spiro atoms. The van der Waals surface area contributed by atoms with E-state index >= 15 is 0 Å². The number of carbonyl (C=O) groups is 1. The number of Topliss-reactive ketones (excluding diaryl/α,β-unsaturated/α-hetero) is 1. The van der Waals surface area contributed by atoms with Gasteiger partial charge in [-0.1, -0.05) is 30.0 Å². The van der Waals surface area contributed by atoms with Crippen molar-refractivity contribution in [1.82, 2.24) is 0 Å². The minimum atomic E-state index is -0.407. The molecule has 23 heavy (non-hydrogen) atoms. The standard InChI is InChI=1S/C17H14N2O3S/c1-18(2)13-8-7-11(9-14(13)19(21)22)10-16-17(20)12-5-3-4-6-15(12)23-16/h3-10H,1-2H3/b16-10+.